The predicted octanol–water partition coefficient (Wildman–Crippen LogP) is 9.65. The van der Waals surface area contributed by atoms with E-state index in [0.29, 0.717) is 0 Å². The summed E-state index contributed by atoms with van der Waals surface area (Å²) in [6.07, 6.45) is 0. The van der Waals surface area contributed by atoms with Crippen molar-refractivity contribution in [3.8, 4) is 22.3 Å². The second-order valence-electron chi connectivity index (χ2n) is 12.4. The zero-order valence-corrected chi connectivity index (χ0v) is 22.7. The molecule has 0 bridgehead atoms. The maximum absolute atomic E-state index is 6.68. The standard InChI is InChI=1S/C37H31N/c1-20-16-17-25-32-21(20)12-8-14-27(32)36(2,3)29-18-26-33-23-11-7-6-10-22(23)31(38)19-30(33)37(4,5)28-15-9-13-24(34(25)29)35(26)28/h6-19H,38H2,1-5H3. The monoisotopic (exact) mass is 489 g/mol. The maximum Gasteiger partial charge on any atom is 0.0397 e. The summed E-state index contributed by atoms with van der Waals surface area (Å²) in [7, 11) is 0. The molecular formula is C37H31N. The quantitative estimate of drug-likeness (QED) is 0.211. The third kappa shape index (κ3) is 2.43. The van der Waals surface area contributed by atoms with Gasteiger partial charge in [0, 0.05) is 21.9 Å². The molecule has 0 radical (unpaired) electrons. The van der Waals surface area contributed by atoms with E-state index in [9.17, 15) is 0 Å². The van der Waals surface area contributed by atoms with E-state index in [-0.39, 0.29) is 10.8 Å². The smallest absolute Gasteiger partial charge is 0.0397 e. The minimum Gasteiger partial charge on any atom is -0.398 e. The number of benzene rings is 6. The molecule has 0 fully saturated rings. The van der Waals surface area contributed by atoms with E-state index in [0.717, 1.165) is 11.1 Å². The van der Waals surface area contributed by atoms with Gasteiger partial charge in [-0.3, -0.25) is 0 Å². The Kier molecular flexibility index (Phi) is 3.96. The minimum atomic E-state index is -0.168. The minimum absolute atomic E-state index is 0.132. The lowest BCUT2D eigenvalue weighted by atomic mass is 9.62. The van der Waals surface area contributed by atoms with Gasteiger partial charge in [-0.25, -0.2) is 0 Å². The summed E-state index contributed by atoms with van der Waals surface area (Å²) < 4.78 is 0. The van der Waals surface area contributed by atoms with E-state index < -0.39 is 0 Å². The second kappa shape index (κ2) is 6.85. The van der Waals surface area contributed by atoms with Crippen LogP contribution < -0.4 is 5.73 Å². The molecule has 0 aliphatic heterocycles. The van der Waals surface area contributed by atoms with Gasteiger partial charge in [0.25, 0.3) is 0 Å². The SMILES string of the molecule is Cc1ccc2c3c(cccc13)C(C)(C)c1cc3c4c(cccc4c1-2)C(C)(C)c1cc(N)c2ccccc2c1-3. The van der Waals surface area contributed by atoms with Gasteiger partial charge in [0.15, 0.2) is 0 Å². The Bertz CT molecular complexity index is 2040. The Morgan fingerprint density at radius 3 is 1.76 bits per heavy atom. The van der Waals surface area contributed by atoms with E-state index in [1.165, 1.54) is 77.0 Å². The fourth-order valence-corrected chi connectivity index (χ4v) is 7.74. The van der Waals surface area contributed by atoms with Crippen molar-refractivity contribution in [3.05, 3.63) is 113 Å². The molecule has 6 aromatic rings. The lowest BCUT2D eigenvalue weighted by Gasteiger charge is -2.40. The topological polar surface area (TPSA) is 26.0 Å². The molecule has 0 heterocycles. The molecule has 6 aromatic carbocycles. The van der Waals surface area contributed by atoms with Crippen molar-refractivity contribution in [2.75, 3.05) is 5.73 Å². The van der Waals surface area contributed by atoms with Crippen LogP contribution in [0.4, 0.5) is 5.69 Å². The first kappa shape index (κ1) is 21.9. The lowest BCUT2D eigenvalue weighted by Crippen LogP contribution is -2.27. The molecule has 2 aliphatic rings. The van der Waals surface area contributed by atoms with Crippen LogP contribution in [0.25, 0.3) is 54.6 Å². The molecule has 2 N–H and O–H groups in total. The number of nitrogens with two attached hydrogens (primary N) is 1. The highest BCUT2D eigenvalue weighted by Gasteiger charge is 2.40. The first-order valence-electron chi connectivity index (χ1n) is 13.7. The normalized spacial score (nSPS) is 16.0. The maximum atomic E-state index is 6.68. The van der Waals surface area contributed by atoms with Crippen molar-refractivity contribution in [2.24, 2.45) is 0 Å². The van der Waals surface area contributed by atoms with Crippen LogP contribution in [-0.2, 0) is 10.8 Å². The van der Waals surface area contributed by atoms with Crippen LogP contribution in [0.2, 0.25) is 0 Å². The molecule has 8 rings (SSSR count). The van der Waals surface area contributed by atoms with Crippen LogP contribution in [-0.4, -0.2) is 0 Å². The summed E-state index contributed by atoms with van der Waals surface area (Å²) in [4.78, 5) is 0. The van der Waals surface area contributed by atoms with E-state index in [2.05, 4.69) is 120 Å². The molecule has 38 heavy (non-hydrogen) atoms. The number of anilines is 1. The molecule has 0 saturated carbocycles. The van der Waals surface area contributed by atoms with Gasteiger partial charge in [-0.1, -0.05) is 100 Å². The third-order valence-corrected chi connectivity index (χ3v) is 9.73. The molecule has 2 aliphatic carbocycles. The van der Waals surface area contributed by atoms with Gasteiger partial charge in [0.1, 0.15) is 0 Å². The molecule has 0 unspecified atom stereocenters. The highest BCUT2D eigenvalue weighted by Crippen LogP contribution is 2.58. The Morgan fingerprint density at radius 1 is 0.500 bits per heavy atom. The number of rotatable bonds is 0. The zero-order chi connectivity index (χ0) is 26.1. The van der Waals surface area contributed by atoms with Crippen LogP contribution in [0.15, 0.2) is 84.9 Å². The average Bonchev–Trinajstić information content (AvgIpc) is 2.91. The van der Waals surface area contributed by atoms with Crippen molar-refractivity contribution in [2.45, 2.75) is 45.4 Å². The number of hydrogen-bond donors (Lipinski definition) is 1. The fourth-order valence-electron chi connectivity index (χ4n) is 7.74. The van der Waals surface area contributed by atoms with Crippen molar-refractivity contribution in [1.29, 1.82) is 0 Å². The first-order valence-corrected chi connectivity index (χ1v) is 13.7. The van der Waals surface area contributed by atoms with Gasteiger partial charge in [0.2, 0.25) is 0 Å². The highest BCUT2D eigenvalue weighted by molar-refractivity contribution is 6.19. The van der Waals surface area contributed by atoms with Crippen molar-refractivity contribution in [3.63, 3.8) is 0 Å². The Balaban J connectivity index is 1.64. The number of aryl methyl sites for hydroxylation is 1. The number of hydrogen-bond acceptors (Lipinski definition) is 1. The second-order valence-corrected chi connectivity index (χ2v) is 12.4. The molecule has 1 nitrogen and oxygen atoms in total. The van der Waals surface area contributed by atoms with Gasteiger partial charge >= 0.3 is 0 Å². The molecular weight excluding hydrogens is 458 g/mol. The Hall–Kier alpha value is -4.10. The van der Waals surface area contributed by atoms with Gasteiger partial charge in [0.05, 0.1) is 0 Å². The van der Waals surface area contributed by atoms with Crippen LogP contribution in [0.1, 0.15) is 55.5 Å². The summed E-state index contributed by atoms with van der Waals surface area (Å²) in [6.45, 7) is 11.8. The molecule has 0 amide bonds. The highest BCUT2D eigenvalue weighted by atomic mass is 14.6. The first-order chi connectivity index (χ1) is 18.2. The van der Waals surface area contributed by atoms with Crippen LogP contribution in [0, 0.1) is 6.92 Å². The molecule has 0 aromatic heterocycles. The summed E-state index contributed by atoms with van der Waals surface area (Å²) in [5.74, 6) is 0. The van der Waals surface area contributed by atoms with Crippen molar-refractivity contribution in [1.82, 2.24) is 0 Å². The average molecular weight is 490 g/mol. The number of nitrogen functional groups attached to an aromatic ring is 1. The van der Waals surface area contributed by atoms with E-state index in [1.807, 2.05) is 0 Å². The van der Waals surface area contributed by atoms with E-state index in [4.69, 9.17) is 5.73 Å². The molecule has 1 heteroatoms. The van der Waals surface area contributed by atoms with E-state index in [1.54, 1.807) is 0 Å². The number of fused-ring (bicyclic) bond motifs is 7. The van der Waals surface area contributed by atoms with Gasteiger partial charge in [-0.15, -0.1) is 0 Å². The predicted molar refractivity (Wildman–Crippen MR) is 163 cm³/mol. The molecule has 184 valence electrons. The summed E-state index contributed by atoms with van der Waals surface area (Å²) in [6, 6.07) is 31.9. The van der Waals surface area contributed by atoms with Crippen molar-refractivity contribution >= 4 is 38.0 Å². The fraction of sp³-hybridized carbons (Fsp3) is 0.189. The largest absolute Gasteiger partial charge is 0.398 e. The van der Waals surface area contributed by atoms with Crippen LogP contribution in [0.5, 0.6) is 0 Å². The van der Waals surface area contributed by atoms with Gasteiger partial charge < -0.3 is 5.73 Å². The summed E-state index contributed by atoms with van der Waals surface area (Å²) in [5.41, 5.74) is 19.6. The van der Waals surface area contributed by atoms with Crippen molar-refractivity contribution < 1.29 is 0 Å². The Labute approximate surface area is 223 Å². The Morgan fingerprint density at radius 2 is 1.05 bits per heavy atom. The van der Waals surface area contributed by atoms with Gasteiger partial charge in [-0.2, -0.15) is 0 Å². The zero-order valence-electron chi connectivity index (χ0n) is 22.7. The van der Waals surface area contributed by atoms with Crippen LogP contribution >= 0.6 is 0 Å². The summed E-state index contributed by atoms with van der Waals surface area (Å²) in [5, 5.41) is 7.92. The third-order valence-electron chi connectivity index (χ3n) is 9.73. The van der Waals surface area contributed by atoms with Crippen LogP contribution in [0.3, 0.4) is 0 Å². The molecule has 0 saturated heterocycles. The van der Waals surface area contributed by atoms with E-state index >= 15 is 0 Å². The van der Waals surface area contributed by atoms with Gasteiger partial charge in [-0.05, 0) is 96.1 Å². The summed E-state index contributed by atoms with van der Waals surface area (Å²) >= 11 is 0. The molecule has 0 atom stereocenters. The molecule has 0 spiro atoms. The lowest BCUT2D eigenvalue weighted by molar-refractivity contribution is 0.641.